The van der Waals surface area contributed by atoms with Gasteiger partial charge in [-0.2, -0.15) is 4.98 Å². The minimum Gasteiger partial charge on any atom is -0.341 e. The van der Waals surface area contributed by atoms with Gasteiger partial charge >= 0.3 is 5.69 Å². The van der Waals surface area contributed by atoms with Crippen molar-refractivity contribution in [3.8, 4) is 0 Å². The number of ketones is 1. The minimum absolute atomic E-state index is 0.0249. The van der Waals surface area contributed by atoms with Crippen LogP contribution in [0.3, 0.4) is 0 Å². The monoisotopic (exact) mass is 457 g/mol. The van der Waals surface area contributed by atoms with Gasteiger partial charge in [0.2, 0.25) is 11.7 Å². The van der Waals surface area contributed by atoms with E-state index in [0.717, 1.165) is 29.5 Å². The molecule has 1 atom stereocenters. The van der Waals surface area contributed by atoms with Gasteiger partial charge in [-0.3, -0.25) is 18.7 Å². The first-order chi connectivity index (χ1) is 15.3. The predicted molar refractivity (Wildman–Crippen MR) is 125 cm³/mol. The Morgan fingerprint density at radius 3 is 2.75 bits per heavy atom. The van der Waals surface area contributed by atoms with Gasteiger partial charge in [0.25, 0.3) is 5.56 Å². The number of allylic oxidation sites excluding steroid dienone is 2. The Kier molecular flexibility index (Phi) is 6.11. The van der Waals surface area contributed by atoms with Gasteiger partial charge in [-0.25, -0.2) is 9.78 Å². The van der Waals surface area contributed by atoms with Crippen LogP contribution >= 0.6 is 11.3 Å². The number of hydrogen-bond acceptors (Lipinski definition) is 8. The molecular formula is C21H27N7O3S. The summed E-state index contributed by atoms with van der Waals surface area (Å²) in [6, 6.07) is 0.0249. The maximum Gasteiger partial charge on any atom is 0.332 e. The molecule has 1 aliphatic rings. The summed E-state index contributed by atoms with van der Waals surface area (Å²) < 4.78 is 4.13. The van der Waals surface area contributed by atoms with E-state index in [1.54, 1.807) is 12.4 Å². The zero-order chi connectivity index (χ0) is 23.0. The third-order valence-corrected chi connectivity index (χ3v) is 6.42. The van der Waals surface area contributed by atoms with Gasteiger partial charge in [0.15, 0.2) is 16.2 Å². The van der Waals surface area contributed by atoms with E-state index < -0.39 is 11.2 Å². The number of aromatic nitrogens is 5. The number of aryl methyl sites for hydroxylation is 1. The maximum atomic E-state index is 13.5. The number of fused-ring (bicyclic) bond motifs is 1. The summed E-state index contributed by atoms with van der Waals surface area (Å²) in [5, 5.41) is 1.95. The second-order valence-corrected chi connectivity index (χ2v) is 9.21. The number of imidazole rings is 1. The molecule has 32 heavy (non-hydrogen) atoms. The summed E-state index contributed by atoms with van der Waals surface area (Å²) in [6.07, 6.45) is 5.39. The molecule has 3 aromatic rings. The number of Topliss-reactive ketones (excluding diaryl/α,β-unsaturated/α-hetero) is 1. The highest BCUT2D eigenvalue weighted by Gasteiger charge is 2.26. The first-order valence-corrected chi connectivity index (χ1v) is 11.4. The number of nitrogens with zero attached hydrogens (tertiary/aromatic N) is 6. The number of rotatable bonds is 6. The lowest BCUT2D eigenvalue weighted by molar-refractivity contribution is 0.0968. The van der Waals surface area contributed by atoms with Crippen molar-refractivity contribution in [1.82, 2.24) is 23.7 Å². The molecule has 0 bridgehead atoms. The van der Waals surface area contributed by atoms with Gasteiger partial charge in [0, 0.05) is 44.3 Å². The highest BCUT2D eigenvalue weighted by atomic mass is 32.1. The van der Waals surface area contributed by atoms with Gasteiger partial charge in [-0.15, -0.1) is 11.3 Å². The van der Waals surface area contributed by atoms with Crippen LogP contribution in [0, 0.1) is 0 Å². The molecule has 10 nitrogen and oxygen atoms in total. The Morgan fingerprint density at radius 2 is 2.09 bits per heavy atom. The summed E-state index contributed by atoms with van der Waals surface area (Å²) in [5.74, 6) is 0.236. The van der Waals surface area contributed by atoms with Crippen LogP contribution in [-0.2, 0) is 20.1 Å². The highest BCUT2D eigenvalue weighted by molar-refractivity contribution is 7.11. The molecule has 1 fully saturated rings. The Morgan fingerprint density at radius 1 is 1.31 bits per heavy atom. The third-order valence-electron chi connectivity index (χ3n) is 5.61. The van der Waals surface area contributed by atoms with E-state index in [0.29, 0.717) is 30.2 Å². The zero-order valence-corrected chi connectivity index (χ0v) is 19.3. The molecule has 0 saturated carbocycles. The molecular weight excluding hydrogens is 430 g/mol. The molecule has 0 radical (unpaired) electrons. The third kappa shape index (κ3) is 4.05. The van der Waals surface area contributed by atoms with E-state index >= 15 is 0 Å². The molecule has 0 aliphatic carbocycles. The van der Waals surface area contributed by atoms with Crippen molar-refractivity contribution in [3.63, 3.8) is 0 Å². The van der Waals surface area contributed by atoms with E-state index in [-0.39, 0.29) is 23.4 Å². The van der Waals surface area contributed by atoms with Crippen LogP contribution in [0.5, 0.6) is 0 Å². The van der Waals surface area contributed by atoms with Gasteiger partial charge in [-0.1, -0.05) is 11.6 Å². The molecule has 0 amide bonds. The molecule has 1 unspecified atom stereocenters. The topological polar surface area (TPSA) is 121 Å². The lowest BCUT2D eigenvalue weighted by Crippen LogP contribution is -2.44. The van der Waals surface area contributed by atoms with Gasteiger partial charge in [-0.05, 0) is 26.7 Å². The molecule has 2 N–H and O–H groups in total. The van der Waals surface area contributed by atoms with Crippen LogP contribution in [0.2, 0.25) is 0 Å². The summed E-state index contributed by atoms with van der Waals surface area (Å²) in [5.41, 5.74) is 6.76. The summed E-state index contributed by atoms with van der Waals surface area (Å²) >= 11 is 1.18. The van der Waals surface area contributed by atoms with Crippen LogP contribution in [-0.4, -0.2) is 48.6 Å². The number of carbonyl (C=O) groups excluding carboxylic acids is 1. The Labute approximate surface area is 188 Å². The van der Waals surface area contributed by atoms with Crippen LogP contribution in [0.15, 0.2) is 32.8 Å². The number of piperidine rings is 1. The van der Waals surface area contributed by atoms with E-state index in [4.69, 9.17) is 10.7 Å². The molecule has 0 aromatic carbocycles. The molecule has 11 heteroatoms. The number of carbonyl (C=O) groups is 1. The normalized spacial score (nSPS) is 16.5. The Bertz CT molecular complexity index is 1300. The fraction of sp³-hybridized carbons (Fsp3) is 0.476. The van der Waals surface area contributed by atoms with Crippen LogP contribution in [0.4, 0.5) is 5.95 Å². The minimum atomic E-state index is -0.582. The summed E-state index contributed by atoms with van der Waals surface area (Å²) in [7, 11) is 1.57. The summed E-state index contributed by atoms with van der Waals surface area (Å²) in [4.78, 5) is 49.8. The van der Waals surface area contributed by atoms with Gasteiger partial charge in [0.05, 0.1) is 6.54 Å². The average molecular weight is 458 g/mol. The van der Waals surface area contributed by atoms with E-state index in [1.807, 2.05) is 24.5 Å². The largest absolute Gasteiger partial charge is 0.341 e. The van der Waals surface area contributed by atoms with Crippen molar-refractivity contribution in [1.29, 1.82) is 0 Å². The molecule has 1 saturated heterocycles. The Balaban J connectivity index is 1.90. The van der Waals surface area contributed by atoms with Gasteiger partial charge in [0.1, 0.15) is 0 Å². The fourth-order valence-electron chi connectivity index (χ4n) is 3.95. The molecule has 170 valence electrons. The SMILES string of the molecule is CC(C)=CCn1c(N2CCCC(N)C2)nc2c1c(=O)n(CC(=O)c1nccs1)c(=O)n2C. The quantitative estimate of drug-likeness (QED) is 0.435. The molecule has 0 spiro atoms. The zero-order valence-electron chi connectivity index (χ0n) is 18.4. The van der Waals surface area contributed by atoms with Gasteiger partial charge < -0.3 is 15.2 Å². The fourth-order valence-corrected chi connectivity index (χ4v) is 4.52. The van der Waals surface area contributed by atoms with Crippen molar-refractivity contribution in [2.45, 2.75) is 45.8 Å². The first kappa shape index (κ1) is 22.2. The first-order valence-electron chi connectivity index (χ1n) is 10.5. The lowest BCUT2D eigenvalue weighted by atomic mass is 10.1. The highest BCUT2D eigenvalue weighted by Crippen LogP contribution is 2.23. The number of hydrogen-bond donors (Lipinski definition) is 1. The predicted octanol–water partition coefficient (Wildman–Crippen LogP) is 1.13. The standard InChI is InChI=1S/C21H27N7O3S/c1-13(2)6-9-27-16-17(24-20(27)26-8-4-5-14(22)11-26)25(3)21(31)28(19(16)30)12-15(29)18-23-7-10-32-18/h6-7,10,14H,4-5,8-9,11-12,22H2,1-3H3. The van der Waals surface area contributed by atoms with Crippen molar-refractivity contribution in [3.05, 3.63) is 49.1 Å². The van der Waals surface area contributed by atoms with Crippen LogP contribution < -0.4 is 21.9 Å². The van der Waals surface area contributed by atoms with Crippen LogP contribution in [0.25, 0.3) is 11.2 Å². The second kappa shape index (κ2) is 8.83. The van der Waals surface area contributed by atoms with E-state index in [2.05, 4.69) is 9.88 Å². The molecule has 1 aliphatic heterocycles. The lowest BCUT2D eigenvalue weighted by Gasteiger charge is -2.31. The number of anilines is 1. The Hall–Kier alpha value is -3.05. The van der Waals surface area contributed by atoms with Crippen molar-refractivity contribution >= 4 is 34.2 Å². The number of thiazole rings is 1. The maximum absolute atomic E-state index is 13.5. The van der Waals surface area contributed by atoms with Crippen molar-refractivity contribution in [2.75, 3.05) is 18.0 Å². The number of nitrogens with two attached hydrogens (primary N) is 1. The smallest absolute Gasteiger partial charge is 0.332 e. The van der Waals surface area contributed by atoms with E-state index in [1.165, 1.54) is 22.1 Å². The van der Waals surface area contributed by atoms with Crippen molar-refractivity contribution < 1.29 is 4.79 Å². The second-order valence-electron chi connectivity index (χ2n) is 8.32. The summed E-state index contributed by atoms with van der Waals surface area (Å²) in [6.45, 7) is 5.42. The molecule has 3 aromatic heterocycles. The van der Waals surface area contributed by atoms with Crippen LogP contribution in [0.1, 0.15) is 36.5 Å². The molecule has 4 rings (SSSR count). The average Bonchev–Trinajstić information content (AvgIpc) is 3.42. The molecule has 4 heterocycles. The van der Waals surface area contributed by atoms with E-state index in [9.17, 15) is 14.4 Å². The van der Waals surface area contributed by atoms with Crippen molar-refractivity contribution in [2.24, 2.45) is 12.8 Å².